The van der Waals surface area contributed by atoms with Crippen LogP contribution >= 0.6 is 0 Å². The standard InChI is InChI=1S/C28H23N3O2/c1-19-22(26-31-25-24(33-26)17-10-18-29-25)15-9-16-23(19)30-27(32)28(2,20-11-5-3-6-12-20)21-13-7-4-8-14-21/h3-18H,1-2H3,(H,30,32). The Balaban J connectivity index is 1.54. The number of rotatable bonds is 5. The molecule has 2 aromatic heterocycles. The molecule has 0 aliphatic heterocycles. The van der Waals surface area contributed by atoms with Crippen molar-refractivity contribution in [3.05, 3.63) is 114 Å². The molecule has 0 atom stereocenters. The summed E-state index contributed by atoms with van der Waals surface area (Å²) >= 11 is 0. The van der Waals surface area contributed by atoms with Gasteiger partial charge in [0.1, 0.15) is 0 Å². The van der Waals surface area contributed by atoms with Gasteiger partial charge in [0.05, 0.1) is 5.41 Å². The molecule has 3 aromatic carbocycles. The van der Waals surface area contributed by atoms with E-state index < -0.39 is 5.41 Å². The number of anilines is 1. The van der Waals surface area contributed by atoms with Crippen LogP contribution in [0.15, 0.2) is 102 Å². The molecular formula is C28H23N3O2. The average molecular weight is 434 g/mol. The summed E-state index contributed by atoms with van der Waals surface area (Å²) in [6.07, 6.45) is 1.69. The summed E-state index contributed by atoms with van der Waals surface area (Å²) in [6, 6.07) is 29.1. The van der Waals surface area contributed by atoms with E-state index in [0.29, 0.717) is 22.8 Å². The van der Waals surface area contributed by atoms with Crippen LogP contribution in [0.5, 0.6) is 0 Å². The Kier molecular flexibility index (Phi) is 5.23. The summed E-state index contributed by atoms with van der Waals surface area (Å²) in [5.41, 5.74) is 4.56. The molecule has 0 fully saturated rings. The Labute approximate surface area is 192 Å². The van der Waals surface area contributed by atoms with Crippen molar-refractivity contribution in [2.75, 3.05) is 5.32 Å². The van der Waals surface area contributed by atoms with Gasteiger partial charge in [-0.25, -0.2) is 4.98 Å². The number of benzene rings is 3. The van der Waals surface area contributed by atoms with Crippen LogP contribution in [0.2, 0.25) is 0 Å². The third kappa shape index (κ3) is 3.68. The summed E-state index contributed by atoms with van der Waals surface area (Å²) < 4.78 is 5.91. The highest BCUT2D eigenvalue weighted by atomic mass is 16.3. The van der Waals surface area contributed by atoms with Gasteiger partial charge in [-0.3, -0.25) is 4.79 Å². The summed E-state index contributed by atoms with van der Waals surface area (Å²) in [4.78, 5) is 22.6. The van der Waals surface area contributed by atoms with E-state index in [0.717, 1.165) is 22.3 Å². The van der Waals surface area contributed by atoms with E-state index in [2.05, 4.69) is 15.3 Å². The monoisotopic (exact) mass is 433 g/mol. The van der Waals surface area contributed by atoms with Crippen molar-refractivity contribution in [2.45, 2.75) is 19.3 Å². The fourth-order valence-corrected chi connectivity index (χ4v) is 4.11. The van der Waals surface area contributed by atoms with Crippen LogP contribution in [-0.4, -0.2) is 15.9 Å². The maximum absolute atomic E-state index is 13.8. The topological polar surface area (TPSA) is 68.0 Å². The molecule has 5 aromatic rings. The molecular weight excluding hydrogens is 410 g/mol. The predicted octanol–water partition coefficient (Wildman–Crippen LogP) is 6.14. The summed E-state index contributed by atoms with van der Waals surface area (Å²) in [7, 11) is 0. The van der Waals surface area contributed by atoms with Crippen molar-refractivity contribution in [2.24, 2.45) is 0 Å². The zero-order valence-corrected chi connectivity index (χ0v) is 18.4. The molecule has 5 heteroatoms. The maximum Gasteiger partial charge on any atom is 0.239 e. The normalized spacial score (nSPS) is 11.5. The zero-order chi connectivity index (χ0) is 22.8. The first-order chi connectivity index (χ1) is 16.1. The van der Waals surface area contributed by atoms with Gasteiger partial charge >= 0.3 is 0 Å². The summed E-state index contributed by atoms with van der Waals surface area (Å²) in [5, 5.41) is 3.17. The smallest absolute Gasteiger partial charge is 0.239 e. The highest BCUT2D eigenvalue weighted by Crippen LogP contribution is 2.35. The van der Waals surface area contributed by atoms with Gasteiger partial charge in [0.15, 0.2) is 11.2 Å². The molecule has 0 spiro atoms. The summed E-state index contributed by atoms with van der Waals surface area (Å²) in [6.45, 7) is 3.91. The lowest BCUT2D eigenvalue weighted by Gasteiger charge is -2.30. The van der Waals surface area contributed by atoms with E-state index in [-0.39, 0.29) is 5.91 Å². The molecule has 0 radical (unpaired) electrons. The van der Waals surface area contributed by atoms with E-state index in [1.807, 2.05) is 105 Å². The largest absolute Gasteiger partial charge is 0.434 e. The highest BCUT2D eigenvalue weighted by Gasteiger charge is 2.37. The number of carbonyl (C=O) groups excluding carboxylic acids is 1. The minimum absolute atomic E-state index is 0.112. The zero-order valence-electron chi connectivity index (χ0n) is 18.4. The number of aromatic nitrogens is 2. The number of hydrogen-bond donors (Lipinski definition) is 1. The van der Waals surface area contributed by atoms with E-state index >= 15 is 0 Å². The molecule has 2 heterocycles. The van der Waals surface area contributed by atoms with Crippen molar-refractivity contribution in [3.63, 3.8) is 0 Å². The molecule has 1 amide bonds. The van der Waals surface area contributed by atoms with Crippen LogP contribution in [0.4, 0.5) is 5.69 Å². The predicted molar refractivity (Wildman–Crippen MR) is 130 cm³/mol. The molecule has 5 nitrogen and oxygen atoms in total. The first kappa shape index (κ1) is 20.6. The number of hydrogen-bond acceptors (Lipinski definition) is 4. The third-order valence-corrected chi connectivity index (χ3v) is 6.13. The molecule has 0 aliphatic rings. The number of nitrogens with zero attached hydrogens (tertiary/aromatic N) is 2. The molecule has 33 heavy (non-hydrogen) atoms. The van der Waals surface area contributed by atoms with Gasteiger partial charge in [-0.15, -0.1) is 0 Å². The Hall–Kier alpha value is -4.25. The lowest BCUT2D eigenvalue weighted by molar-refractivity contribution is -0.119. The second-order valence-electron chi connectivity index (χ2n) is 8.13. The van der Waals surface area contributed by atoms with E-state index in [1.165, 1.54) is 0 Å². The van der Waals surface area contributed by atoms with Gasteiger partial charge in [0, 0.05) is 17.4 Å². The molecule has 162 valence electrons. The summed E-state index contributed by atoms with van der Waals surface area (Å²) in [5.74, 6) is 0.366. The Morgan fingerprint density at radius 2 is 1.52 bits per heavy atom. The Morgan fingerprint density at radius 1 is 0.848 bits per heavy atom. The van der Waals surface area contributed by atoms with Gasteiger partial charge < -0.3 is 9.73 Å². The minimum atomic E-state index is -0.869. The second kappa shape index (κ2) is 8.36. The maximum atomic E-state index is 13.8. The van der Waals surface area contributed by atoms with Gasteiger partial charge in [-0.1, -0.05) is 66.7 Å². The van der Waals surface area contributed by atoms with Crippen molar-refractivity contribution in [3.8, 4) is 11.5 Å². The lowest BCUT2D eigenvalue weighted by atomic mass is 9.75. The molecule has 0 unspecified atom stereocenters. The van der Waals surface area contributed by atoms with Crippen LogP contribution in [0.3, 0.4) is 0 Å². The van der Waals surface area contributed by atoms with Crippen LogP contribution in [0.25, 0.3) is 22.7 Å². The minimum Gasteiger partial charge on any atom is -0.434 e. The van der Waals surface area contributed by atoms with Gasteiger partial charge in [0.25, 0.3) is 0 Å². The average Bonchev–Trinajstić information content (AvgIpc) is 3.30. The molecule has 0 aliphatic carbocycles. The fourth-order valence-electron chi connectivity index (χ4n) is 4.11. The van der Waals surface area contributed by atoms with Crippen molar-refractivity contribution >= 4 is 22.8 Å². The Morgan fingerprint density at radius 3 is 2.15 bits per heavy atom. The van der Waals surface area contributed by atoms with Gasteiger partial charge in [0.2, 0.25) is 11.8 Å². The van der Waals surface area contributed by atoms with Crippen LogP contribution in [0.1, 0.15) is 23.6 Å². The first-order valence-corrected chi connectivity index (χ1v) is 10.8. The van der Waals surface area contributed by atoms with Crippen molar-refractivity contribution in [1.82, 2.24) is 9.97 Å². The molecule has 5 rings (SSSR count). The SMILES string of the molecule is Cc1c(NC(=O)C(C)(c2ccccc2)c2ccccc2)cccc1-c1nc2ncccc2o1. The van der Waals surface area contributed by atoms with Crippen molar-refractivity contribution in [1.29, 1.82) is 0 Å². The first-order valence-electron chi connectivity index (χ1n) is 10.8. The number of oxazole rings is 1. The van der Waals surface area contributed by atoms with Crippen molar-refractivity contribution < 1.29 is 9.21 Å². The number of pyridine rings is 1. The molecule has 0 saturated carbocycles. The lowest BCUT2D eigenvalue weighted by Crippen LogP contribution is -2.39. The van der Waals surface area contributed by atoms with Gasteiger partial charge in [-0.05, 0) is 54.8 Å². The number of carbonyl (C=O) groups is 1. The number of fused-ring (bicyclic) bond motifs is 1. The number of nitrogens with one attached hydrogen (secondary N) is 1. The highest BCUT2D eigenvalue weighted by molar-refractivity contribution is 6.02. The van der Waals surface area contributed by atoms with E-state index in [1.54, 1.807) is 6.20 Å². The quantitative estimate of drug-likeness (QED) is 0.361. The number of amides is 1. The van der Waals surface area contributed by atoms with E-state index in [9.17, 15) is 4.79 Å². The second-order valence-corrected chi connectivity index (χ2v) is 8.13. The molecule has 0 saturated heterocycles. The molecule has 0 bridgehead atoms. The Bertz CT molecular complexity index is 1350. The third-order valence-electron chi connectivity index (χ3n) is 6.13. The van der Waals surface area contributed by atoms with Crippen LogP contribution in [-0.2, 0) is 10.2 Å². The fraction of sp³-hybridized carbons (Fsp3) is 0.107. The van der Waals surface area contributed by atoms with Crippen LogP contribution in [0, 0.1) is 6.92 Å². The van der Waals surface area contributed by atoms with Crippen LogP contribution < -0.4 is 5.32 Å². The van der Waals surface area contributed by atoms with E-state index in [4.69, 9.17) is 4.42 Å². The van der Waals surface area contributed by atoms with Gasteiger partial charge in [-0.2, -0.15) is 4.98 Å². The molecule has 1 N–H and O–H groups in total.